The molecule has 1 aliphatic heterocycles. The highest BCUT2D eigenvalue weighted by atomic mass is 35.5. The molecular weight excluding hydrogens is 302 g/mol. The first kappa shape index (κ1) is 15.0. The fourth-order valence-electron chi connectivity index (χ4n) is 2.75. The number of nitrogens with one attached hydrogen (secondary N) is 1. The van der Waals surface area contributed by atoms with Crippen LogP contribution in [0.3, 0.4) is 0 Å². The Balaban J connectivity index is 1.54. The van der Waals surface area contributed by atoms with Crippen LogP contribution < -0.4 is 5.32 Å². The lowest BCUT2D eigenvalue weighted by Gasteiger charge is -2.23. The first-order valence-electron chi connectivity index (χ1n) is 7.33. The maximum absolute atomic E-state index is 12.2. The van der Waals surface area contributed by atoms with Gasteiger partial charge in [-0.1, -0.05) is 11.6 Å². The van der Waals surface area contributed by atoms with Gasteiger partial charge in [-0.15, -0.1) is 0 Å². The van der Waals surface area contributed by atoms with Gasteiger partial charge in [-0.25, -0.2) is 4.98 Å². The van der Waals surface area contributed by atoms with Gasteiger partial charge in [0.1, 0.15) is 5.82 Å². The third kappa shape index (κ3) is 3.84. The Kier molecular flexibility index (Phi) is 4.70. The van der Waals surface area contributed by atoms with E-state index in [4.69, 9.17) is 11.6 Å². The molecule has 1 unspecified atom stereocenters. The zero-order valence-electron chi connectivity index (χ0n) is 12.2. The Morgan fingerprint density at radius 3 is 3.09 bits per heavy atom. The van der Waals surface area contributed by atoms with Gasteiger partial charge in [-0.3, -0.25) is 14.4 Å². The Hall–Kier alpha value is -1.92. The molecule has 0 spiro atoms. The van der Waals surface area contributed by atoms with E-state index in [1.165, 1.54) is 6.20 Å². The fraction of sp³-hybridized carbons (Fsp3) is 0.400. The lowest BCUT2D eigenvalue weighted by atomic mass is 10.2. The van der Waals surface area contributed by atoms with Crippen molar-refractivity contribution in [1.82, 2.24) is 19.7 Å². The van der Waals surface area contributed by atoms with E-state index in [2.05, 4.69) is 20.3 Å². The molecule has 0 radical (unpaired) electrons. The van der Waals surface area contributed by atoms with Crippen LogP contribution in [0.2, 0.25) is 5.02 Å². The van der Waals surface area contributed by atoms with Crippen molar-refractivity contribution in [2.24, 2.45) is 0 Å². The predicted molar refractivity (Wildman–Crippen MR) is 84.7 cm³/mol. The van der Waals surface area contributed by atoms with Gasteiger partial charge in [0.05, 0.1) is 18.1 Å². The fourth-order valence-corrected chi connectivity index (χ4v) is 2.86. The van der Waals surface area contributed by atoms with Gasteiger partial charge in [-0.05, 0) is 37.6 Å². The van der Waals surface area contributed by atoms with Crippen molar-refractivity contribution in [1.29, 1.82) is 0 Å². The van der Waals surface area contributed by atoms with Gasteiger partial charge in [0.15, 0.2) is 0 Å². The summed E-state index contributed by atoms with van der Waals surface area (Å²) in [7, 11) is 0. The summed E-state index contributed by atoms with van der Waals surface area (Å²) in [5, 5.41) is 7.59. The highest BCUT2D eigenvalue weighted by Crippen LogP contribution is 2.18. The van der Waals surface area contributed by atoms with Crippen LogP contribution in [0.1, 0.15) is 12.8 Å². The number of hydrogen-bond donors (Lipinski definition) is 1. The number of anilines is 1. The maximum Gasteiger partial charge on any atom is 0.239 e. The molecule has 1 fully saturated rings. The Bertz CT molecular complexity index is 613. The first-order valence-corrected chi connectivity index (χ1v) is 7.71. The third-order valence-corrected chi connectivity index (χ3v) is 4.02. The summed E-state index contributed by atoms with van der Waals surface area (Å²) >= 11 is 5.78. The number of carbonyl (C=O) groups is 1. The molecular formula is C15H18ClN5O. The lowest BCUT2D eigenvalue weighted by Crippen LogP contribution is -2.39. The molecule has 6 nitrogen and oxygen atoms in total. The van der Waals surface area contributed by atoms with Gasteiger partial charge >= 0.3 is 0 Å². The van der Waals surface area contributed by atoms with Crippen molar-refractivity contribution in [2.75, 3.05) is 18.4 Å². The quantitative estimate of drug-likeness (QED) is 0.916. The number of amides is 1. The van der Waals surface area contributed by atoms with Crippen LogP contribution >= 0.6 is 11.6 Å². The molecule has 3 rings (SSSR count). The van der Waals surface area contributed by atoms with E-state index < -0.39 is 0 Å². The van der Waals surface area contributed by atoms with E-state index in [1.807, 2.05) is 16.9 Å². The predicted octanol–water partition coefficient (Wildman–Crippen LogP) is 2.03. The molecule has 3 heterocycles. The summed E-state index contributed by atoms with van der Waals surface area (Å²) < 4.78 is 1.92. The average Bonchev–Trinajstić information content (AvgIpc) is 3.15. The van der Waals surface area contributed by atoms with Crippen LogP contribution in [0.25, 0.3) is 0 Å². The van der Waals surface area contributed by atoms with Crippen molar-refractivity contribution < 1.29 is 4.79 Å². The summed E-state index contributed by atoms with van der Waals surface area (Å²) in [5.74, 6) is 0.472. The number of pyridine rings is 1. The van der Waals surface area contributed by atoms with Crippen LogP contribution in [0, 0.1) is 0 Å². The number of halogens is 1. The van der Waals surface area contributed by atoms with E-state index in [0.717, 1.165) is 25.9 Å². The minimum absolute atomic E-state index is 0.0535. The minimum Gasteiger partial charge on any atom is -0.310 e. The van der Waals surface area contributed by atoms with Crippen molar-refractivity contribution in [3.8, 4) is 0 Å². The smallest absolute Gasteiger partial charge is 0.239 e. The van der Waals surface area contributed by atoms with Gasteiger partial charge < -0.3 is 5.32 Å². The van der Waals surface area contributed by atoms with Crippen molar-refractivity contribution in [3.63, 3.8) is 0 Å². The molecule has 1 aliphatic rings. The number of hydrogen-bond acceptors (Lipinski definition) is 4. The average molecular weight is 320 g/mol. The van der Waals surface area contributed by atoms with E-state index in [9.17, 15) is 4.79 Å². The Morgan fingerprint density at radius 1 is 1.45 bits per heavy atom. The van der Waals surface area contributed by atoms with E-state index >= 15 is 0 Å². The van der Waals surface area contributed by atoms with Gasteiger partial charge in [0.25, 0.3) is 0 Å². The van der Waals surface area contributed by atoms with Gasteiger partial charge in [0.2, 0.25) is 5.91 Å². The molecule has 0 aliphatic carbocycles. The molecule has 1 amide bonds. The molecule has 7 heteroatoms. The molecule has 1 N–H and O–H groups in total. The van der Waals surface area contributed by atoms with Crippen LogP contribution in [-0.2, 0) is 11.3 Å². The second-order valence-electron chi connectivity index (χ2n) is 5.40. The zero-order chi connectivity index (χ0) is 15.4. The molecule has 2 aromatic rings. The summed E-state index contributed by atoms with van der Waals surface area (Å²) in [4.78, 5) is 18.4. The van der Waals surface area contributed by atoms with Gasteiger partial charge in [0, 0.05) is 24.6 Å². The number of likely N-dealkylation sites (tertiary alicyclic amines) is 1. The van der Waals surface area contributed by atoms with E-state index in [0.29, 0.717) is 23.4 Å². The number of nitrogens with zero attached hydrogens (tertiary/aromatic N) is 4. The van der Waals surface area contributed by atoms with Crippen LogP contribution in [-0.4, -0.2) is 44.7 Å². The molecule has 0 bridgehead atoms. The summed E-state index contributed by atoms with van der Waals surface area (Å²) in [6.45, 7) is 2.13. The summed E-state index contributed by atoms with van der Waals surface area (Å²) in [5.41, 5.74) is 0. The Morgan fingerprint density at radius 2 is 2.36 bits per heavy atom. The number of aromatic nitrogens is 3. The summed E-state index contributed by atoms with van der Waals surface area (Å²) in [6.07, 6.45) is 7.45. The second-order valence-corrected chi connectivity index (χ2v) is 5.84. The largest absolute Gasteiger partial charge is 0.310 e. The normalized spacial score (nSPS) is 18.5. The van der Waals surface area contributed by atoms with Crippen molar-refractivity contribution in [2.45, 2.75) is 25.4 Å². The third-order valence-electron chi connectivity index (χ3n) is 3.80. The molecule has 1 atom stereocenters. The second kappa shape index (κ2) is 6.89. The Labute approximate surface area is 134 Å². The monoisotopic (exact) mass is 319 g/mol. The SMILES string of the molecule is O=C(CN1CCCC1Cn1cccn1)Nc1ccc(Cl)cn1. The number of carbonyl (C=O) groups excluding carboxylic acids is 1. The number of rotatable bonds is 5. The molecule has 2 aromatic heterocycles. The van der Waals surface area contributed by atoms with Crippen molar-refractivity contribution in [3.05, 3.63) is 41.8 Å². The standard InChI is InChI=1S/C15H18ClN5O/c16-12-4-5-14(17-9-12)19-15(22)11-20-7-1-3-13(20)10-21-8-2-6-18-21/h2,4-6,8-9,13H,1,3,7,10-11H2,(H,17,19,22). The zero-order valence-corrected chi connectivity index (χ0v) is 12.9. The summed E-state index contributed by atoms with van der Waals surface area (Å²) in [6, 6.07) is 5.67. The molecule has 116 valence electrons. The first-order chi connectivity index (χ1) is 10.7. The molecule has 1 saturated heterocycles. The lowest BCUT2D eigenvalue weighted by molar-refractivity contribution is -0.117. The van der Waals surface area contributed by atoms with Crippen LogP contribution in [0.5, 0.6) is 0 Å². The highest BCUT2D eigenvalue weighted by molar-refractivity contribution is 6.30. The molecule has 22 heavy (non-hydrogen) atoms. The topological polar surface area (TPSA) is 63.1 Å². The minimum atomic E-state index is -0.0535. The van der Waals surface area contributed by atoms with Crippen molar-refractivity contribution >= 4 is 23.3 Å². The van der Waals surface area contributed by atoms with Crippen LogP contribution in [0.15, 0.2) is 36.8 Å². The molecule has 0 aromatic carbocycles. The molecule has 0 saturated carbocycles. The van der Waals surface area contributed by atoms with Gasteiger partial charge in [-0.2, -0.15) is 5.10 Å². The van der Waals surface area contributed by atoms with E-state index in [1.54, 1.807) is 18.3 Å². The van der Waals surface area contributed by atoms with E-state index in [-0.39, 0.29) is 5.91 Å². The van der Waals surface area contributed by atoms with Crippen LogP contribution in [0.4, 0.5) is 5.82 Å². The highest BCUT2D eigenvalue weighted by Gasteiger charge is 2.26. The maximum atomic E-state index is 12.2.